The fraction of sp³-hybridized carbons (Fsp3) is 0.158. The fourth-order valence-corrected chi connectivity index (χ4v) is 2.38. The van der Waals surface area contributed by atoms with Crippen LogP contribution in [0.3, 0.4) is 0 Å². The molecule has 0 spiro atoms. The third kappa shape index (κ3) is 3.77. The van der Waals surface area contributed by atoms with E-state index in [9.17, 15) is 9.59 Å². The molecule has 2 heterocycles. The van der Waals surface area contributed by atoms with Gasteiger partial charge < -0.3 is 15.2 Å². The highest BCUT2D eigenvalue weighted by Crippen LogP contribution is 2.19. The first-order valence-corrected chi connectivity index (χ1v) is 8.02. The zero-order chi connectivity index (χ0) is 18.7. The molecule has 7 nitrogen and oxygen atoms in total. The second kappa shape index (κ2) is 7.18. The number of hydrogen-bond acceptors (Lipinski definition) is 5. The van der Waals surface area contributed by atoms with Crippen LogP contribution in [0.5, 0.6) is 0 Å². The second-order valence-electron chi connectivity index (χ2n) is 5.91. The molecular weight excluding hydrogens is 332 g/mol. The van der Waals surface area contributed by atoms with Gasteiger partial charge in [0.05, 0.1) is 0 Å². The molecule has 0 aliphatic heterocycles. The molecule has 0 saturated carbocycles. The van der Waals surface area contributed by atoms with E-state index in [0.717, 1.165) is 16.8 Å². The summed E-state index contributed by atoms with van der Waals surface area (Å²) in [6.45, 7) is 5.64. The highest BCUT2D eigenvalue weighted by molar-refractivity contribution is 6.07. The van der Waals surface area contributed by atoms with Gasteiger partial charge in [0.25, 0.3) is 11.8 Å². The molecule has 7 heteroatoms. The third-order valence-electron chi connectivity index (χ3n) is 3.98. The van der Waals surface area contributed by atoms with Crippen LogP contribution in [0.1, 0.15) is 37.7 Å². The molecule has 0 radical (unpaired) electrons. The van der Waals surface area contributed by atoms with Crippen molar-refractivity contribution in [3.8, 4) is 0 Å². The Morgan fingerprint density at radius 3 is 2.54 bits per heavy atom. The van der Waals surface area contributed by atoms with E-state index >= 15 is 0 Å². The number of aromatic nitrogens is 2. The summed E-state index contributed by atoms with van der Waals surface area (Å²) in [5.41, 5.74) is 3.26. The smallest absolute Gasteiger partial charge is 0.275 e. The van der Waals surface area contributed by atoms with Crippen LogP contribution in [0.4, 0.5) is 11.5 Å². The standard InChI is InChI=1S/C19H18N4O3/c1-11-5-4-6-15(13(11)3)21-18(24)14-7-8-20-16(10-14)19(25)22-17-9-12(2)26-23-17/h4-10H,1-3H3,(H,21,24)(H,22,23,25). The minimum atomic E-state index is -0.473. The van der Waals surface area contributed by atoms with Crippen LogP contribution < -0.4 is 10.6 Å². The lowest BCUT2D eigenvalue weighted by Crippen LogP contribution is -2.17. The summed E-state index contributed by atoms with van der Waals surface area (Å²) in [7, 11) is 0. The van der Waals surface area contributed by atoms with Crippen molar-refractivity contribution in [1.82, 2.24) is 10.1 Å². The lowest BCUT2D eigenvalue weighted by molar-refractivity contribution is 0.102. The van der Waals surface area contributed by atoms with Crippen LogP contribution in [-0.4, -0.2) is 22.0 Å². The number of aryl methyl sites for hydroxylation is 2. The Bertz CT molecular complexity index is 978. The summed E-state index contributed by atoms with van der Waals surface area (Å²) in [6, 6.07) is 10.3. The summed E-state index contributed by atoms with van der Waals surface area (Å²) < 4.78 is 4.90. The Morgan fingerprint density at radius 1 is 1.00 bits per heavy atom. The van der Waals surface area contributed by atoms with E-state index in [-0.39, 0.29) is 11.6 Å². The maximum Gasteiger partial charge on any atom is 0.275 e. The van der Waals surface area contributed by atoms with E-state index in [0.29, 0.717) is 17.1 Å². The number of pyridine rings is 1. The minimum Gasteiger partial charge on any atom is -0.360 e. The van der Waals surface area contributed by atoms with E-state index in [1.54, 1.807) is 19.1 Å². The van der Waals surface area contributed by atoms with E-state index in [4.69, 9.17) is 4.52 Å². The highest BCUT2D eigenvalue weighted by Gasteiger charge is 2.14. The van der Waals surface area contributed by atoms with Gasteiger partial charge in [-0.2, -0.15) is 0 Å². The topological polar surface area (TPSA) is 97.1 Å². The first-order chi connectivity index (χ1) is 12.4. The molecule has 0 aliphatic rings. The van der Waals surface area contributed by atoms with Gasteiger partial charge in [-0.3, -0.25) is 14.6 Å². The fourth-order valence-electron chi connectivity index (χ4n) is 2.38. The number of rotatable bonds is 4. The predicted molar refractivity (Wildman–Crippen MR) is 97.3 cm³/mol. The summed E-state index contributed by atoms with van der Waals surface area (Å²) in [4.78, 5) is 28.8. The summed E-state index contributed by atoms with van der Waals surface area (Å²) in [6.07, 6.45) is 1.42. The minimum absolute atomic E-state index is 0.110. The van der Waals surface area contributed by atoms with E-state index in [2.05, 4.69) is 20.8 Å². The zero-order valence-corrected chi connectivity index (χ0v) is 14.7. The molecule has 3 rings (SSSR count). The Balaban J connectivity index is 1.76. The second-order valence-corrected chi connectivity index (χ2v) is 5.91. The number of benzene rings is 1. The number of carbonyl (C=O) groups excluding carboxylic acids is 2. The van der Waals surface area contributed by atoms with Crippen LogP contribution in [0, 0.1) is 20.8 Å². The molecule has 0 fully saturated rings. The molecule has 3 aromatic rings. The van der Waals surface area contributed by atoms with Gasteiger partial charge in [-0.25, -0.2) is 0 Å². The van der Waals surface area contributed by atoms with Crippen LogP contribution in [-0.2, 0) is 0 Å². The Labute approximate surface area is 150 Å². The van der Waals surface area contributed by atoms with Crippen molar-refractivity contribution < 1.29 is 14.1 Å². The highest BCUT2D eigenvalue weighted by atomic mass is 16.5. The Kier molecular flexibility index (Phi) is 4.79. The van der Waals surface area contributed by atoms with Crippen LogP contribution in [0.15, 0.2) is 47.1 Å². The number of hydrogen-bond donors (Lipinski definition) is 2. The summed E-state index contributed by atoms with van der Waals surface area (Å²) in [5.74, 6) is 0.0848. The number of nitrogens with zero attached hydrogens (tertiary/aromatic N) is 2. The first kappa shape index (κ1) is 17.3. The maximum absolute atomic E-state index is 12.5. The van der Waals surface area contributed by atoms with Gasteiger partial charge >= 0.3 is 0 Å². The van der Waals surface area contributed by atoms with E-state index in [1.807, 2.05) is 32.0 Å². The Hall–Kier alpha value is -3.48. The average Bonchev–Trinajstić information content (AvgIpc) is 3.03. The van der Waals surface area contributed by atoms with Gasteiger partial charge in [-0.05, 0) is 50.1 Å². The summed E-state index contributed by atoms with van der Waals surface area (Å²) >= 11 is 0. The molecular formula is C19H18N4O3. The number of anilines is 2. The number of nitrogens with one attached hydrogen (secondary N) is 2. The van der Waals surface area contributed by atoms with E-state index < -0.39 is 5.91 Å². The normalized spacial score (nSPS) is 10.4. The number of carbonyl (C=O) groups is 2. The van der Waals surface area contributed by atoms with Gasteiger partial charge in [0.15, 0.2) is 5.82 Å². The Morgan fingerprint density at radius 2 is 1.81 bits per heavy atom. The molecule has 0 atom stereocenters. The molecule has 1 aromatic carbocycles. The van der Waals surface area contributed by atoms with E-state index in [1.165, 1.54) is 12.3 Å². The maximum atomic E-state index is 12.5. The lowest BCUT2D eigenvalue weighted by atomic mass is 10.1. The SMILES string of the molecule is Cc1cc(NC(=O)c2cc(C(=O)Nc3cccc(C)c3C)ccn2)no1. The monoisotopic (exact) mass is 350 g/mol. The van der Waals surface area contributed by atoms with Crippen molar-refractivity contribution >= 4 is 23.3 Å². The molecule has 2 amide bonds. The average molecular weight is 350 g/mol. The molecule has 26 heavy (non-hydrogen) atoms. The van der Waals surface area contributed by atoms with Crippen molar-refractivity contribution in [1.29, 1.82) is 0 Å². The molecule has 0 unspecified atom stereocenters. The largest absolute Gasteiger partial charge is 0.360 e. The molecule has 2 aromatic heterocycles. The van der Waals surface area contributed by atoms with Crippen molar-refractivity contribution in [2.75, 3.05) is 10.6 Å². The molecule has 2 N–H and O–H groups in total. The molecule has 132 valence electrons. The predicted octanol–water partition coefficient (Wildman–Crippen LogP) is 3.50. The van der Waals surface area contributed by atoms with Crippen molar-refractivity contribution in [2.24, 2.45) is 0 Å². The molecule has 0 bridgehead atoms. The van der Waals surface area contributed by atoms with Crippen molar-refractivity contribution in [3.63, 3.8) is 0 Å². The van der Waals surface area contributed by atoms with Gasteiger partial charge in [0, 0.05) is 23.5 Å². The van der Waals surface area contributed by atoms with Crippen molar-refractivity contribution in [2.45, 2.75) is 20.8 Å². The summed E-state index contributed by atoms with van der Waals surface area (Å²) in [5, 5.41) is 9.13. The van der Waals surface area contributed by atoms with Crippen LogP contribution in [0.25, 0.3) is 0 Å². The zero-order valence-electron chi connectivity index (χ0n) is 14.7. The number of amides is 2. The van der Waals surface area contributed by atoms with Crippen LogP contribution in [0.2, 0.25) is 0 Å². The first-order valence-electron chi connectivity index (χ1n) is 8.02. The molecule has 0 aliphatic carbocycles. The van der Waals surface area contributed by atoms with Gasteiger partial charge in [0.2, 0.25) is 0 Å². The lowest BCUT2D eigenvalue weighted by Gasteiger charge is -2.10. The van der Waals surface area contributed by atoms with Gasteiger partial charge in [-0.15, -0.1) is 0 Å². The van der Waals surface area contributed by atoms with Gasteiger partial charge in [0.1, 0.15) is 11.5 Å². The van der Waals surface area contributed by atoms with Crippen LogP contribution >= 0.6 is 0 Å². The van der Waals surface area contributed by atoms with Crippen molar-refractivity contribution in [3.05, 3.63) is 70.7 Å². The van der Waals surface area contributed by atoms with Gasteiger partial charge in [-0.1, -0.05) is 17.3 Å². The third-order valence-corrected chi connectivity index (χ3v) is 3.98. The molecule has 0 saturated heterocycles. The quantitative estimate of drug-likeness (QED) is 0.750.